The molecule has 4 rings (SSSR count). The van der Waals surface area contributed by atoms with Crippen LogP contribution in [0.2, 0.25) is 25.7 Å². The SMILES string of the molecule is Cc1oc2ccc(OCc3cn(COCC[Si](C)(C)C)nc3C(F)(F)F)cc2c1C(=O)NC1(CO)CCNC1=O. The van der Waals surface area contributed by atoms with E-state index < -0.39 is 50.5 Å². The molecular weight excluding hydrogens is 549 g/mol. The van der Waals surface area contributed by atoms with Crippen LogP contribution in [0.15, 0.2) is 28.8 Å². The van der Waals surface area contributed by atoms with Gasteiger partial charge in [-0.2, -0.15) is 18.3 Å². The van der Waals surface area contributed by atoms with Gasteiger partial charge in [-0.1, -0.05) is 19.6 Å². The first-order valence-electron chi connectivity index (χ1n) is 12.8. The van der Waals surface area contributed by atoms with Crippen molar-refractivity contribution in [1.29, 1.82) is 0 Å². The van der Waals surface area contributed by atoms with Gasteiger partial charge in [0.05, 0.1) is 12.2 Å². The fourth-order valence-electron chi connectivity index (χ4n) is 4.40. The van der Waals surface area contributed by atoms with E-state index in [0.29, 0.717) is 24.1 Å². The van der Waals surface area contributed by atoms with E-state index in [1.807, 2.05) is 0 Å². The number of fused-ring (bicyclic) bond motifs is 1. The van der Waals surface area contributed by atoms with Crippen LogP contribution < -0.4 is 15.4 Å². The molecule has 10 nitrogen and oxygen atoms in total. The van der Waals surface area contributed by atoms with E-state index in [9.17, 15) is 27.9 Å². The molecule has 2 amide bonds. The number of aliphatic hydroxyl groups excluding tert-OH is 1. The molecule has 2 aromatic heterocycles. The fraction of sp³-hybridized carbons (Fsp3) is 0.500. The summed E-state index contributed by atoms with van der Waals surface area (Å²) in [6, 6.07) is 5.42. The Morgan fingerprint density at radius 2 is 2.08 bits per heavy atom. The third-order valence-corrected chi connectivity index (χ3v) is 8.38. The van der Waals surface area contributed by atoms with Crippen LogP contribution in [-0.2, 0) is 29.0 Å². The van der Waals surface area contributed by atoms with Gasteiger partial charge in [0.25, 0.3) is 5.91 Å². The number of ether oxygens (including phenoxy) is 2. The van der Waals surface area contributed by atoms with Gasteiger partial charge in [-0.3, -0.25) is 9.59 Å². The predicted molar refractivity (Wildman–Crippen MR) is 142 cm³/mol. The summed E-state index contributed by atoms with van der Waals surface area (Å²) in [5.74, 6) is -0.648. The van der Waals surface area contributed by atoms with Crippen LogP contribution in [0.4, 0.5) is 13.2 Å². The molecule has 3 N–H and O–H groups in total. The van der Waals surface area contributed by atoms with E-state index in [1.165, 1.54) is 18.3 Å². The topological polar surface area (TPSA) is 128 Å². The molecule has 0 saturated carbocycles. The highest BCUT2D eigenvalue weighted by Gasteiger charge is 2.44. The maximum Gasteiger partial charge on any atom is 0.435 e. The highest BCUT2D eigenvalue weighted by atomic mass is 28.3. The van der Waals surface area contributed by atoms with Crippen molar-refractivity contribution in [3.05, 3.63) is 47.0 Å². The molecule has 218 valence electrons. The smallest absolute Gasteiger partial charge is 0.435 e. The Morgan fingerprint density at radius 3 is 2.70 bits per heavy atom. The second-order valence-corrected chi connectivity index (χ2v) is 16.7. The van der Waals surface area contributed by atoms with Crippen LogP contribution in [0, 0.1) is 6.92 Å². The molecule has 0 bridgehead atoms. The van der Waals surface area contributed by atoms with Crippen molar-refractivity contribution in [2.45, 2.75) is 64.1 Å². The molecule has 0 radical (unpaired) electrons. The zero-order chi connectivity index (χ0) is 29.3. The van der Waals surface area contributed by atoms with Crippen LogP contribution >= 0.6 is 0 Å². The van der Waals surface area contributed by atoms with Gasteiger partial charge >= 0.3 is 6.18 Å². The van der Waals surface area contributed by atoms with Gasteiger partial charge in [0, 0.05) is 38.4 Å². The minimum atomic E-state index is -4.69. The second kappa shape index (κ2) is 11.3. The predicted octanol–water partition coefficient (Wildman–Crippen LogP) is 3.83. The van der Waals surface area contributed by atoms with Crippen LogP contribution in [0.25, 0.3) is 11.0 Å². The number of nitrogens with one attached hydrogen (secondary N) is 2. The summed E-state index contributed by atoms with van der Waals surface area (Å²) in [7, 11) is -1.34. The summed E-state index contributed by atoms with van der Waals surface area (Å²) >= 11 is 0. The van der Waals surface area contributed by atoms with Crippen molar-refractivity contribution in [1.82, 2.24) is 20.4 Å². The Bertz CT molecular complexity index is 1400. The molecular formula is C26H33F3N4O6Si. The number of aromatic nitrogens is 2. The molecule has 0 aliphatic carbocycles. The molecule has 1 aliphatic rings. The lowest BCUT2D eigenvalue weighted by atomic mass is 9.97. The van der Waals surface area contributed by atoms with Gasteiger partial charge < -0.3 is 29.6 Å². The number of alkyl halides is 3. The van der Waals surface area contributed by atoms with E-state index in [1.54, 1.807) is 13.0 Å². The molecule has 1 atom stereocenters. The van der Waals surface area contributed by atoms with Crippen molar-refractivity contribution < 1.29 is 41.8 Å². The summed E-state index contributed by atoms with van der Waals surface area (Å²) in [6.45, 7) is 7.74. The number of rotatable bonds is 11. The number of halogens is 3. The number of carbonyl (C=O) groups is 2. The van der Waals surface area contributed by atoms with E-state index in [-0.39, 0.29) is 35.8 Å². The zero-order valence-electron chi connectivity index (χ0n) is 22.8. The third kappa shape index (κ3) is 6.50. The minimum Gasteiger partial charge on any atom is -0.489 e. The number of benzene rings is 1. The number of amides is 2. The van der Waals surface area contributed by atoms with Crippen LogP contribution in [0.3, 0.4) is 0 Å². The Labute approximate surface area is 229 Å². The normalized spacial score (nSPS) is 17.9. The van der Waals surface area contributed by atoms with Crippen molar-refractivity contribution in [3.63, 3.8) is 0 Å². The number of hydrogen-bond acceptors (Lipinski definition) is 7. The second-order valence-electron chi connectivity index (χ2n) is 11.1. The highest BCUT2D eigenvalue weighted by Crippen LogP contribution is 2.33. The molecule has 14 heteroatoms. The number of furan rings is 1. The summed E-state index contributed by atoms with van der Waals surface area (Å²) < 4.78 is 59.0. The van der Waals surface area contributed by atoms with E-state index in [2.05, 4.69) is 35.4 Å². The Kier molecular flexibility index (Phi) is 8.33. The first-order valence-corrected chi connectivity index (χ1v) is 16.5. The Hall–Kier alpha value is -3.36. The van der Waals surface area contributed by atoms with Crippen molar-refractivity contribution in [2.75, 3.05) is 19.8 Å². The average Bonchev–Trinajstić information content (AvgIpc) is 3.54. The Morgan fingerprint density at radius 1 is 1.32 bits per heavy atom. The van der Waals surface area contributed by atoms with Gasteiger partial charge in [0.1, 0.15) is 36.0 Å². The fourth-order valence-corrected chi connectivity index (χ4v) is 5.16. The molecule has 1 fully saturated rings. The molecule has 40 heavy (non-hydrogen) atoms. The average molecular weight is 583 g/mol. The summed E-state index contributed by atoms with van der Waals surface area (Å²) in [4.78, 5) is 25.4. The molecule has 3 heterocycles. The lowest BCUT2D eigenvalue weighted by Crippen LogP contribution is -2.56. The quantitative estimate of drug-likeness (QED) is 0.232. The van der Waals surface area contributed by atoms with Gasteiger partial charge in [-0.15, -0.1) is 0 Å². The number of aryl methyl sites for hydroxylation is 1. The molecule has 1 unspecified atom stereocenters. The van der Waals surface area contributed by atoms with Gasteiger partial charge in [0.2, 0.25) is 5.91 Å². The molecule has 1 saturated heterocycles. The van der Waals surface area contributed by atoms with E-state index in [4.69, 9.17) is 13.9 Å². The number of hydrogen-bond donors (Lipinski definition) is 3. The minimum absolute atomic E-state index is 0.111. The molecule has 0 spiro atoms. The zero-order valence-corrected chi connectivity index (χ0v) is 23.8. The standard InChI is InChI=1S/C26H33F3N4O6Si/c1-16-21(23(35)31-25(14-34)7-8-30-24(25)36)19-11-18(5-6-20(19)39-16)38-13-17-12-33(32-22(17)26(27,28)29)15-37-9-10-40(2,3)4/h5-6,11-12,34H,7-10,13-15H2,1-4H3,(H,30,36)(H,31,35). The summed E-state index contributed by atoms with van der Waals surface area (Å²) in [5, 5.41) is 19.0. The lowest BCUT2D eigenvalue weighted by molar-refractivity contribution is -0.142. The summed E-state index contributed by atoms with van der Waals surface area (Å²) in [5.41, 5.74) is -2.20. The largest absolute Gasteiger partial charge is 0.489 e. The summed E-state index contributed by atoms with van der Waals surface area (Å²) in [6.07, 6.45) is -3.22. The van der Waals surface area contributed by atoms with Crippen LogP contribution in [-0.4, -0.2) is 60.1 Å². The van der Waals surface area contributed by atoms with Gasteiger partial charge in [-0.05, 0) is 37.6 Å². The van der Waals surface area contributed by atoms with Crippen molar-refractivity contribution in [2.24, 2.45) is 0 Å². The van der Waals surface area contributed by atoms with Crippen LogP contribution in [0.1, 0.15) is 33.8 Å². The number of aliphatic hydroxyl groups is 1. The van der Waals surface area contributed by atoms with E-state index >= 15 is 0 Å². The monoisotopic (exact) mass is 582 g/mol. The van der Waals surface area contributed by atoms with E-state index in [0.717, 1.165) is 10.7 Å². The Balaban J connectivity index is 1.51. The highest BCUT2D eigenvalue weighted by molar-refractivity contribution is 6.76. The number of nitrogens with zero attached hydrogens (tertiary/aromatic N) is 2. The van der Waals surface area contributed by atoms with Gasteiger partial charge in [0.15, 0.2) is 5.69 Å². The first-order chi connectivity index (χ1) is 18.7. The molecule has 3 aromatic rings. The van der Waals surface area contributed by atoms with Crippen molar-refractivity contribution >= 4 is 30.9 Å². The molecule has 1 aromatic carbocycles. The van der Waals surface area contributed by atoms with Crippen LogP contribution in [0.5, 0.6) is 5.75 Å². The maximum absolute atomic E-state index is 13.7. The number of carbonyl (C=O) groups excluding carboxylic acids is 2. The van der Waals surface area contributed by atoms with Crippen molar-refractivity contribution in [3.8, 4) is 5.75 Å². The molecule has 1 aliphatic heterocycles. The van der Waals surface area contributed by atoms with Gasteiger partial charge in [-0.25, -0.2) is 4.68 Å². The first kappa shape index (κ1) is 29.6. The lowest BCUT2D eigenvalue weighted by Gasteiger charge is -2.24. The third-order valence-electron chi connectivity index (χ3n) is 6.68. The maximum atomic E-state index is 13.7.